The van der Waals surface area contributed by atoms with Gasteiger partial charge in [-0.25, -0.2) is 0 Å². The molecule has 0 aliphatic carbocycles. The monoisotopic (exact) mass is 134 g/mol. The summed E-state index contributed by atoms with van der Waals surface area (Å²) in [5.74, 6) is -0.0532. The fourth-order valence-corrected chi connectivity index (χ4v) is 0.696. The van der Waals surface area contributed by atoms with Crippen LogP contribution >= 0.6 is 0 Å². The molecule has 1 aromatic rings. The summed E-state index contributed by atoms with van der Waals surface area (Å²) >= 11 is 0. The quantitative estimate of drug-likeness (QED) is 0.575. The van der Waals surface area contributed by atoms with Crippen molar-refractivity contribution in [3.05, 3.63) is 23.5 Å². The van der Waals surface area contributed by atoms with Gasteiger partial charge in [-0.3, -0.25) is 4.98 Å². The van der Waals surface area contributed by atoms with E-state index in [9.17, 15) is 0 Å². The molecule has 1 heterocycles. The van der Waals surface area contributed by atoms with Crippen LogP contribution in [-0.4, -0.2) is 10.1 Å². The van der Waals surface area contributed by atoms with Crippen molar-refractivity contribution in [3.8, 4) is 11.8 Å². The number of aromatic nitrogens is 1. The maximum absolute atomic E-state index is 9.01. The molecule has 0 unspecified atom stereocenters. The van der Waals surface area contributed by atoms with Crippen molar-refractivity contribution in [2.24, 2.45) is 0 Å². The highest BCUT2D eigenvalue weighted by Gasteiger charge is 2.01. The molecule has 0 aromatic carbocycles. The van der Waals surface area contributed by atoms with Crippen LogP contribution in [0, 0.1) is 18.3 Å². The lowest BCUT2D eigenvalue weighted by Crippen LogP contribution is -1.83. The zero-order chi connectivity index (χ0) is 7.56. The SMILES string of the molecule is Cc1cncc(O)c1C#N. The lowest BCUT2D eigenvalue weighted by Gasteiger charge is -1.96. The van der Waals surface area contributed by atoms with Gasteiger partial charge in [0.1, 0.15) is 6.07 Å². The van der Waals surface area contributed by atoms with Crippen LogP contribution in [0.25, 0.3) is 0 Å². The average molecular weight is 134 g/mol. The Morgan fingerprint density at radius 3 is 2.70 bits per heavy atom. The summed E-state index contributed by atoms with van der Waals surface area (Å²) in [6.45, 7) is 1.73. The zero-order valence-electron chi connectivity index (χ0n) is 5.50. The van der Waals surface area contributed by atoms with Crippen molar-refractivity contribution >= 4 is 0 Å². The van der Waals surface area contributed by atoms with E-state index >= 15 is 0 Å². The van der Waals surface area contributed by atoms with Crippen LogP contribution in [0.2, 0.25) is 0 Å². The van der Waals surface area contributed by atoms with Gasteiger partial charge in [0.2, 0.25) is 0 Å². The van der Waals surface area contributed by atoms with Crippen LogP contribution < -0.4 is 0 Å². The molecule has 10 heavy (non-hydrogen) atoms. The van der Waals surface area contributed by atoms with Gasteiger partial charge >= 0.3 is 0 Å². The van der Waals surface area contributed by atoms with Gasteiger partial charge in [-0.1, -0.05) is 0 Å². The second-order valence-electron chi connectivity index (χ2n) is 1.96. The first-order valence-corrected chi connectivity index (χ1v) is 2.79. The van der Waals surface area contributed by atoms with Gasteiger partial charge in [-0.05, 0) is 12.5 Å². The molecule has 0 saturated carbocycles. The number of pyridine rings is 1. The highest BCUT2D eigenvalue weighted by Crippen LogP contribution is 2.16. The third-order valence-electron chi connectivity index (χ3n) is 1.23. The van der Waals surface area contributed by atoms with Crippen molar-refractivity contribution in [3.63, 3.8) is 0 Å². The molecule has 3 heteroatoms. The summed E-state index contributed by atoms with van der Waals surface area (Å²) in [4.78, 5) is 3.69. The Kier molecular flexibility index (Phi) is 1.55. The van der Waals surface area contributed by atoms with E-state index in [1.165, 1.54) is 12.4 Å². The molecule has 0 atom stereocenters. The van der Waals surface area contributed by atoms with E-state index in [2.05, 4.69) is 4.98 Å². The topological polar surface area (TPSA) is 56.9 Å². The predicted molar refractivity (Wildman–Crippen MR) is 35.4 cm³/mol. The number of hydrogen-bond acceptors (Lipinski definition) is 3. The van der Waals surface area contributed by atoms with E-state index in [1.54, 1.807) is 6.92 Å². The molecule has 0 saturated heterocycles. The maximum Gasteiger partial charge on any atom is 0.151 e. The summed E-state index contributed by atoms with van der Waals surface area (Å²) in [7, 11) is 0. The molecule has 0 aliphatic heterocycles. The lowest BCUT2D eigenvalue weighted by atomic mass is 10.2. The van der Waals surface area contributed by atoms with Crippen LogP contribution in [0.5, 0.6) is 5.75 Å². The number of rotatable bonds is 0. The predicted octanol–water partition coefficient (Wildman–Crippen LogP) is 0.967. The summed E-state index contributed by atoms with van der Waals surface area (Å²) in [5.41, 5.74) is 0.998. The maximum atomic E-state index is 9.01. The molecule has 1 rings (SSSR count). The van der Waals surface area contributed by atoms with Gasteiger partial charge in [0.05, 0.1) is 11.8 Å². The van der Waals surface area contributed by atoms with Crippen LogP contribution in [0.15, 0.2) is 12.4 Å². The number of nitrogens with zero attached hydrogens (tertiary/aromatic N) is 2. The molecule has 0 aliphatic rings. The molecular formula is C7H6N2O. The highest BCUT2D eigenvalue weighted by atomic mass is 16.3. The minimum Gasteiger partial charge on any atom is -0.505 e. The van der Waals surface area contributed by atoms with E-state index in [0.717, 1.165) is 0 Å². The summed E-state index contributed by atoms with van der Waals surface area (Å²) in [6.07, 6.45) is 2.80. The zero-order valence-corrected chi connectivity index (χ0v) is 5.50. The molecular weight excluding hydrogens is 128 g/mol. The molecule has 1 N–H and O–H groups in total. The number of hydrogen-bond donors (Lipinski definition) is 1. The summed E-state index contributed by atoms with van der Waals surface area (Å²) in [6, 6.07) is 1.87. The van der Waals surface area contributed by atoms with Crippen LogP contribution in [-0.2, 0) is 0 Å². The number of aryl methyl sites for hydroxylation is 1. The normalized spacial score (nSPS) is 8.80. The van der Waals surface area contributed by atoms with E-state index in [1.807, 2.05) is 6.07 Å². The fourth-order valence-electron chi connectivity index (χ4n) is 0.696. The van der Waals surface area contributed by atoms with Gasteiger partial charge < -0.3 is 5.11 Å². The minimum absolute atomic E-state index is 0.0532. The summed E-state index contributed by atoms with van der Waals surface area (Å²) < 4.78 is 0. The Morgan fingerprint density at radius 1 is 1.60 bits per heavy atom. The first-order chi connectivity index (χ1) is 4.75. The first-order valence-electron chi connectivity index (χ1n) is 2.79. The number of aromatic hydroxyl groups is 1. The minimum atomic E-state index is -0.0532. The van der Waals surface area contributed by atoms with Crippen molar-refractivity contribution in [1.82, 2.24) is 4.98 Å². The molecule has 0 fully saturated rings. The van der Waals surface area contributed by atoms with E-state index in [0.29, 0.717) is 11.1 Å². The highest BCUT2D eigenvalue weighted by molar-refractivity contribution is 5.44. The van der Waals surface area contributed by atoms with Gasteiger partial charge in [-0.15, -0.1) is 0 Å². The largest absolute Gasteiger partial charge is 0.505 e. The van der Waals surface area contributed by atoms with Crippen molar-refractivity contribution in [2.75, 3.05) is 0 Å². The molecule has 50 valence electrons. The third-order valence-corrected chi connectivity index (χ3v) is 1.23. The molecule has 0 bridgehead atoms. The van der Waals surface area contributed by atoms with Gasteiger partial charge in [0.25, 0.3) is 0 Å². The summed E-state index contributed by atoms with van der Waals surface area (Å²) in [5, 5.41) is 17.5. The molecule has 3 nitrogen and oxygen atoms in total. The van der Waals surface area contributed by atoms with E-state index < -0.39 is 0 Å². The number of nitriles is 1. The van der Waals surface area contributed by atoms with Gasteiger partial charge in [-0.2, -0.15) is 5.26 Å². The Hall–Kier alpha value is -1.56. The van der Waals surface area contributed by atoms with Crippen LogP contribution in [0.3, 0.4) is 0 Å². The van der Waals surface area contributed by atoms with E-state index in [-0.39, 0.29) is 5.75 Å². The van der Waals surface area contributed by atoms with E-state index in [4.69, 9.17) is 10.4 Å². The first kappa shape index (κ1) is 6.56. The lowest BCUT2D eigenvalue weighted by molar-refractivity contribution is 0.470. The molecule has 0 amide bonds. The second-order valence-corrected chi connectivity index (χ2v) is 1.96. The molecule has 1 aromatic heterocycles. The Morgan fingerprint density at radius 2 is 2.30 bits per heavy atom. The van der Waals surface area contributed by atoms with Gasteiger partial charge in [0.15, 0.2) is 5.75 Å². The fraction of sp³-hybridized carbons (Fsp3) is 0.143. The van der Waals surface area contributed by atoms with Crippen molar-refractivity contribution in [1.29, 1.82) is 5.26 Å². The molecule has 0 spiro atoms. The second kappa shape index (κ2) is 2.36. The Bertz CT molecular complexity index is 268. The van der Waals surface area contributed by atoms with Crippen LogP contribution in [0.4, 0.5) is 0 Å². The standard InChI is InChI=1S/C7H6N2O/c1-5-3-9-4-7(10)6(5)2-8/h3-4,10H,1H3. The Labute approximate surface area is 58.6 Å². The Balaban J connectivity index is 3.34. The smallest absolute Gasteiger partial charge is 0.151 e. The average Bonchev–Trinajstić information content (AvgIpc) is 1.88. The van der Waals surface area contributed by atoms with Crippen molar-refractivity contribution < 1.29 is 5.11 Å². The molecule has 0 radical (unpaired) electrons. The van der Waals surface area contributed by atoms with Gasteiger partial charge in [0, 0.05) is 6.20 Å². The van der Waals surface area contributed by atoms with Crippen molar-refractivity contribution in [2.45, 2.75) is 6.92 Å². The van der Waals surface area contributed by atoms with Crippen LogP contribution in [0.1, 0.15) is 11.1 Å². The third kappa shape index (κ3) is 0.914.